The van der Waals surface area contributed by atoms with Crippen LogP contribution < -0.4 is 51.4 Å². The Morgan fingerprint density at radius 1 is 1.17 bits per heavy atom. The van der Waals surface area contributed by atoms with E-state index < -0.39 is 24.6 Å². The van der Waals surface area contributed by atoms with Crippen LogP contribution in [0.4, 0.5) is 0 Å². The van der Waals surface area contributed by atoms with Gasteiger partial charge in [0.2, 0.25) is 0 Å². The van der Waals surface area contributed by atoms with Crippen LogP contribution in [0.3, 0.4) is 0 Å². The Labute approximate surface area is 91.4 Å². The molecule has 0 atom stereocenters. The summed E-state index contributed by atoms with van der Waals surface area (Å²) in [6, 6.07) is 0. The van der Waals surface area contributed by atoms with Gasteiger partial charge in [0.25, 0.3) is 0 Å². The van der Waals surface area contributed by atoms with Gasteiger partial charge in [-0.2, -0.15) is 0 Å². The normalized spacial score (nSPS) is 2.33. The Kier molecular flexibility index (Phi) is 17.1. The zero-order chi connectivity index (χ0) is 4.12. The molecule has 0 bridgehead atoms. The smallest absolute Gasteiger partial charge is 1.00 e. The summed E-state index contributed by atoms with van der Waals surface area (Å²) in [5, 5.41) is 15.4. The molecule has 0 amide bonds. The van der Waals surface area contributed by atoms with Gasteiger partial charge < -0.3 is 0 Å². The second-order valence-electron chi connectivity index (χ2n) is 0.493. The van der Waals surface area contributed by atoms with E-state index in [0.29, 0.717) is 0 Å². The molecule has 0 rings (SSSR count). The van der Waals surface area contributed by atoms with Crippen LogP contribution in [0.2, 0.25) is 0 Å². The van der Waals surface area contributed by atoms with Crippen molar-refractivity contribution >= 4 is 0 Å². The molecular weight excluding hydrogens is 292 g/mol. The van der Waals surface area contributed by atoms with Crippen LogP contribution in [-0.4, -0.2) is 0 Å². The largest absolute Gasteiger partial charge is 1.00 e. The molecular formula is C2HgKN2+. The fraction of sp³-hybridized carbons (Fsp3) is 0. The van der Waals surface area contributed by atoms with E-state index in [0.717, 1.165) is 0 Å². The molecule has 0 radical (unpaired) electrons. The minimum atomic E-state index is -1.53. The Hall–Kier alpha value is 1.55. The van der Waals surface area contributed by atoms with Gasteiger partial charge in [0.15, 0.2) is 0 Å². The van der Waals surface area contributed by atoms with Crippen LogP contribution in [0, 0.1) is 17.7 Å². The van der Waals surface area contributed by atoms with Crippen molar-refractivity contribution in [2.75, 3.05) is 0 Å². The molecule has 0 aromatic rings. The standard InChI is InChI=1S/2CN.Hg.K/c2*1-2;;/q;;;+1. The van der Waals surface area contributed by atoms with Crippen LogP contribution in [0.5, 0.6) is 0 Å². The zero-order valence-corrected chi connectivity index (χ0v) is 12.2. The molecule has 0 aromatic carbocycles. The fourth-order valence-electron chi connectivity index (χ4n) is 0.0354. The summed E-state index contributed by atoms with van der Waals surface area (Å²) in [4.78, 5) is 0. The third-order valence-electron chi connectivity index (χ3n) is 0.158. The maximum atomic E-state index is 7.69. The molecule has 6 heavy (non-hydrogen) atoms. The quantitative estimate of drug-likeness (QED) is 0.448. The van der Waals surface area contributed by atoms with Gasteiger partial charge in [-0.05, 0) is 0 Å². The van der Waals surface area contributed by atoms with E-state index in [-0.39, 0.29) is 51.4 Å². The summed E-state index contributed by atoms with van der Waals surface area (Å²) < 4.78 is 3.76. The van der Waals surface area contributed by atoms with Gasteiger partial charge in [-0.15, -0.1) is 0 Å². The third-order valence-corrected chi connectivity index (χ3v) is 1.39. The van der Waals surface area contributed by atoms with Gasteiger partial charge in [-0.1, -0.05) is 0 Å². The number of nitriles is 2. The van der Waals surface area contributed by atoms with Gasteiger partial charge in [-0.3, -0.25) is 0 Å². The Bertz CT molecular complexity index is 76.7. The van der Waals surface area contributed by atoms with Crippen molar-refractivity contribution in [2.45, 2.75) is 0 Å². The van der Waals surface area contributed by atoms with E-state index in [1.807, 2.05) is 7.16 Å². The van der Waals surface area contributed by atoms with E-state index in [2.05, 4.69) is 0 Å². The molecule has 0 unspecified atom stereocenters. The molecule has 0 aliphatic carbocycles. The van der Waals surface area contributed by atoms with E-state index in [1.54, 1.807) is 0 Å². The third kappa shape index (κ3) is 9.12. The summed E-state index contributed by atoms with van der Waals surface area (Å²) in [7, 11) is 0. The number of hydrogen-bond donors (Lipinski definition) is 0. The SMILES string of the molecule is N#[C][Hg][C]#N.[K+]. The number of hydrogen-bond acceptors (Lipinski definition) is 2. The minimum absolute atomic E-state index is 0. The molecule has 0 spiro atoms. The number of nitrogens with zero attached hydrogens (tertiary/aromatic N) is 2. The van der Waals surface area contributed by atoms with Crippen molar-refractivity contribution in [2.24, 2.45) is 0 Å². The summed E-state index contributed by atoms with van der Waals surface area (Å²) in [6.07, 6.45) is 0. The Balaban J connectivity index is 0. The molecule has 0 aliphatic rings. The second kappa shape index (κ2) is 9.75. The molecule has 2 nitrogen and oxygen atoms in total. The summed E-state index contributed by atoms with van der Waals surface area (Å²) >= 11 is -1.53. The first-order chi connectivity index (χ1) is 2.41. The number of rotatable bonds is 0. The predicted molar refractivity (Wildman–Crippen MR) is 11.2 cm³/mol. The Morgan fingerprint density at radius 2 is 1.50 bits per heavy atom. The first-order valence-corrected chi connectivity index (χ1v) is 6.65. The monoisotopic (exact) mass is 293 g/mol. The molecule has 0 N–H and O–H groups in total. The molecule has 4 heteroatoms. The second-order valence-corrected chi connectivity index (χ2v) is 4.33. The van der Waals surface area contributed by atoms with Crippen LogP contribution in [0.25, 0.3) is 0 Å². The summed E-state index contributed by atoms with van der Waals surface area (Å²) in [5.74, 6) is 0. The maximum Gasteiger partial charge on any atom is 1.00 e. The summed E-state index contributed by atoms with van der Waals surface area (Å²) in [5.41, 5.74) is 0. The Morgan fingerprint density at radius 3 is 1.50 bits per heavy atom. The van der Waals surface area contributed by atoms with E-state index in [1.165, 1.54) is 0 Å². The minimum Gasteiger partial charge on any atom is 1.00 e. The van der Waals surface area contributed by atoms with Crippen LogP contribution in [0.15, 0.2) is 0 Å². The van der Waals surface area contributed by atoms with E-state index >= 15 is 0 Å². The molecule has 0 saturated carbocycles. The molecule has 0 fully saturated rings. The topological polar surface area (TPSA) is 47.6 Å². The fourth-order valence-corrected chi connectivity index (χ4v) is 0.310. The average molecular weight is 292 g/mol. The van der Waals surface area contributed by atoms with Crippen molar-refractivity contribution in [1.29, 1.82) is 10.5 Å². The van der Waals surface area contributed by atoms with Crippen molar-refractivity contribution in [1.82, 2.24) is 0 Å². The average Bonchev–Trinajstić information content (AvgIpc) is 1.41. The van der Waals surface area contributed by atoms with Crippen molar-refractivity contribution in [3.8, 4) is 7.16 Å². The first-order valence-electron chi connectivity index (χ1n) is 1.15. The molecule has 0 heterocycles. The van der Waals surface area contributed by atoms with Crippen LogP contribution >= 0.6 is 0 Å². The van der Waals surface area contributed by atoms with Gasteiger partial charge in [-0.25, -0.2) is 0 Å². The maximum absolute atomic E-state index is 7.69. The van der Waals surface area contributed by atoms with Crippen molar-refractivity contribution in [3.05, 3.63) is 0 Å². The van der Waals surface area contributed by atoms with Crippen LogP contribution in [0.1, 0.15) is 0 Å². The molecule has 0 aromatic heterocycles. The van der Waals surface area contributed by atoms with E-state index in [9.17, 15) is 0 Å². The molecule has 20 valence electrons. The molecule has 0 aliphatic heterocycles. The van der Waals surface area contributed by atoms with Crippen LogP contribution in [-0.2, 0) is 24.6 Å². The van der Waals surface area contributed by atoms with E-state index in [4.69, 9.17) is 10.5 Å². The van der Waals surface area contributed by atoms with Crippen molar-refractivity contribution < 1.29 is 76.0 Å². The van der Waals surface area contributed by atoms with Gasteiger partial charge in [0.1, 0.15) is 0 Å². The molecule has 0 saturated heterocycles. The summed E-state index contributed by atoms with van der Waals surface area (Å²) in [6.45, 7) is 0. The van der Waals surface area contributed by atoms with Gasteiger partial charge in [0, 0.05) is 0 Å². The van der Waals surface area contributed by atoms with Gasteiger partial charge in [0.05, 0.1) is 0 Å². The first kappa shape index (κ1) is 10.5. The predicted octanol–water partition coefficient (Wildman–Crippen LogP) is -2.96. The zero-order valence-electron chi connectivity index (χ0n) is 3.60. The van der Waals surface area contributed by atoms with Crippen molar-refractivity contribution in [3.63, 3.8) is 0 Å². The van der Waals surface area contributed by atoms with Gasteiger partial charge >= 0.3 is 93.6 Å².